The standard InChI is InChI=1S/C15H23N5O5S2/c21-12-6-17-15(24)11-9-27-26-4-2-1-3-10(25-14(23)8-16-12)5-18-19-7-13(22)20-11/h1,3,10-11,18-19H,2,4-9H2,(H,16,21)(H,17,24)(H,20,22)/b3-1+/t10-,11-/m1/s1. The fraction of sp³-hybridized carbons (Fsp3) is 0.600. The number of carbonyl (C=O) groups is 4. The molecule has 2 aliphatic heterocycles. The Morgan fingerprint density at radius 1 is 0.963 bits per heavy atom. The Morgan fingerprint density at radius 2 is 1.81 bits per heavy atom. The highest BCUT2D eigenvalue weighted by atomic mass is 33.1. The van der Waals surface area contributed by atoms with Crippen molar-refractivity contribution in [3.8, 4) is 0 Å². The fourth-order valence-corrected chi connectivity index (χ4v) is 4.32. The molecule has 0 aromatic rings. The number of ether oxygens (including phenoxy) is 1. The second-order valence-electron chi connectivity index (χ2n) is 5.70. The lowest BCUT2D eigenvalue weighted by molar-refractivity contribution is -0.146. The van der Waals surface area contributed by atoms with Crippen LogP contribution >= 0.6 is 21.6 Å². The van der Waals surface area contributed by atoms with Crippen molar-refractivity contribution in [3.63, 3.8) is 0 Å². The summed E-state index contributed by atoms with van der Waals surface area (Å²) >= 11 is 0. The molecule has 1 fully saturated rings. The number of allylic oxidation sites excluding steroid dienone is 1. The van der Waals surface area contributed by atoms with E-state index in [4.69, 9.17) is 4.74 Å². The van der Waals surface area contributed by atoms with Gasteiger partial charge in [0.25, 0.3) is 0 Å². The summed E-state index contributed by atoms with van der Waals surface area (Å²) in [5, 5.41) is 7.52. The molecule has 0 spiro atoms. The molecule has 0 saturated carbocycles. The van der Waals surface area contributed by atoms with Crippen molar-refractivity contribution in [1.82, 2.24) is 26.8 Å². The SMILES string of the molecule is O=C1CNC(=O)[C@H]2CSSCC/C=C/[C@H](CNNCC(=O)N2)OC(=O)CN1. The maximum absolute atomic E-state index is 12.3. The van der Waals surface area contributed by atoms with Crippen LogP contribution in [0.1, 0.15) is 6.42 Å². The fourth-order valence-electron chi connectivity index (χ4n) is 2.17. The lowest BCUT2D eigenvalue weighted by atomic mass is 10.3. The molecule has 10 nitrogen and oxygen atoms in total. The maximum atomic E-state index is 12.3. The highest BCUT2D eigenvalue weighted by Crippen LogP contribution is 2.23. The van der Waals surface area contributed by atoms with Gasteiger partial charge in [-0.1, -0.05) is 27.7 Å². The first kappa shape index (κ1) is 21.5. The van der Waals surface area contributed by atoms with Gasteiger partial charge in [-0.3, -0.25) is 24.6 Å². The van der Waals surface area contributed by atoms with E-state index >= 15 is 0 Å². The van der Waals surface area contributed by atoms with E-state index in [9.17, 15) is 19.2 Å². The number of carbonyl (C=O) groups excluding carboxylic acids is 4. The molecule has 0 radical (unpaired) electrons. The van der Waals surface area contributed by atoms with Crippen LogP contribution in [0.2, 0.25) is 0 Å². The summed E-state index contributed by atoms with van der Waals surface area (Å²) < 4.78 is 5.32. The molecule has 0 unspecified atom stereocenters. The third-order valence-electron chi connectivity index (χ3n) is 3.50. The summed E-state index contributed by atoms with van der Waals surface area (Å²) in [6.07, 6.45) is 3.90. The van der Waals surface area contributed by atoms with Crippen molar-refractivity contribution in [2.75, 3.05) is 37.7 Å². The molecule has 5 N–H and O–H groups in total. The lowest BCUT2D eigenvalue weighted by Gasteiger charge is -2.19. The van der Waals surface area contributed by atoms with Gasteiger partial charge in [0, 0.05) is 11.5 Å². The minimum atomic E-state index is -0.768. The van der Waals surface area contributed by atoms with E-state index in [-0.39, 0.29) is 32.1 Å². The molecule has 2 atom stereocenters. The van der Waals surface area contributed by atoms with Crippen LogP contribution in [0.4, 0.5) is 0 Å². The maximum Gasteiger partial charge on any atom is 0.326 e. The summed E-state index contributed by atoms with van der Waals surface area (Å²) in [6, 6.07) is -0.768. The lowest BCUT2D eigenvalue weighted by Crippen LogP contribution is -2.53. The normalized spacial score (nSPS) is 28.1. The third kappa shape index (κ3) is 8.65. The average molecular weight is 418 g/mol. The number of hydrogen-bond acceptors (Lipinski definition) is 9. The zero-order valence-electron chi connectivity index (χ0n) is 14.6. The molecule has 2 bridgehead atoms. The number of amides is 3. The quantitative estimate of drug-likeness (QED) is 0.173. The molecular formula is C15H23N5O5S2. The predicted octanol–water partition coefficient (Wildman–Crippen LogP) is -1.94. The van der Waals surface area contributed by atoms with E-state index in [0.717, 1.165) is 12.2 Å². The largest absolute Gasteiger partial charge is 0.455 e. The molecule has 2 aliphatic rings. The van der Waals surface area contributed by atoms with Crippen LogP contribution in [0.5, 0.6) is 0 Å². The van der Waals surface area contributed by atoms with Crippen molar-refractivity contribution in [1.29, 1.82) is 0 Å². The van der Waals surface area contributed by atoms with Crippen LogP contribution in [-0.2, 0) is 23.9 Å². The number of esters is 1. The van der Waals surface area contributed by atoms with E-state index in [1.807, 2.05) is 6.08 Å². The number of fused-ring (bicyclic) bond motifs is 7. The minimum Gasteiger partial charge on any atom is -0.455 e. The van der Waals surface area contributed by atoms with Crippen molar-refractivity contribution in [2.45, 2.75) is 18.6 Å². The first-order valence-corrected chi connectivity index (χ1v) is 10.9. The Hall–Kier alpha value is -1.76. The first-order chi connectivity index (χ1) is 13.0. The molecule has 3 amide bonds. The first-order valence-electron chi connectivity index (χ1n) is 8.44. The van der Waals surface area contributed by atoms with Gasteiger partial charge in [-0.05, 0) is 12.5 Å². The smallest absolute Gasteiger partial charge is 0.326 e. The summed E-state index contributed by atoms with van der Waals surface area (Å²) in [4.78, 5) is 48.1. The van der Waals surface area contributed by atoms with E-state index < -0.39 is 29.9 Å². The number of nitrogens with one attached hydrogen (secondary N) is 5. The summed E-state index contributed by atoms with van der Waals surface area (Å²) in [5.74, 6) is -0.776. The molecule has 12 heteroatoms. The van der Waals surface area contributed by atoms with Gasteiger partial charge in [0.2, 0.25) is 17.7 Å². The van der Waals surface area contributed by atoms with E-state index in [2.05, 4.69) is 26.8 Å². The molecule has 0 aliphatic carbocycles. The summed E-state index contributed by atoms with van der Waals surface area (Å²) in [5.41, 5.74) is 5.56. The van der Waals surface area contributed by atoms with Crippen LogP contribution in [0.25, 0.3) is 0 Å². The van der Waals surface area contributed by atoms with Crippen LogP contribution in [0.15, 0.2) is 12.2 Å². The van der Waals surface area contributed by atoms with Crippen LogP contribution in [0.3, 0.4) is 0 Å². The number of hydrogen-bond donors (Lipinski definition) is 5. The Morgan fingerprint density at radius 3 is 2.67 bits per heavy atom. The Labute approximate surface area is 164 Å². The molecule has 2 rings (SSSR count). The van der Waals surface area contributed by atoms with Gasteiger partial charge in [-0.25, -0.2) is 5.43 Å². The Balaban J connectivity index is 2.17. The molecule has 0 aromatic carbocycles. The third-order valence-corrected chi connectivity index (χ3v) is 5.95. The average Bonchev–Trinajstić information content (AvgIpc) is 2.64. The van der Waals surface area contributed by atoms with Crippen molar-refractivity contribution in [2.24, 2.45) is 0 Å². The summed E-state index contributed by atoms with van der Waals surface area (Å²) in [6.45, 7) is -0.403. The predicted molar refractivity (Wildman–Crippen MR) is 103 cm³/mol. The molecule has 1 saturated heterocycles. The van der Waals surface area contributed by atoms with Gasteiger partial charge in [0.05, 0.1) is 19.6 Å². The number of rotatable bonds is 0. The van der Waals surface area contributed by atoms with Crippen molar-refractivity contribution < 1.29 is 23.9 Å². The highest BCUT2D eigenvalue weighted by molar-refractivity contribution is 8.76. The van der Waals surface area contributed by atoms with Gasteiger partial charge < -0.3 is 20.7 Å². The van der Waals surface area contributed by atoms with Crippen LogP contribution in [0, 0.1) is 0 Å². The molecule has 150 valence electrons. The molecule has 27 heavy (non-hydrogen) atoms. The van der Waals surface area contributed by atoms with Crippen LogP contribution < -0.4 is 26.8 Å². The molecule has 0 aromatic heterocycles. The van der Waals surface area contributed by atoms with Gasteiger partial charge in [0.15, 0.2) is 0 Å². The van der Waals surface area contributed by atoms with E-state index in [1.54, 1.807) is 16.9 Å². The number of hydrazine groups is 1. The monoisotopic (exact) mass is 417 g/mol. The van der Waals surface area contributed by atoms with Crippen molar-refractivity contribution in [3.05, 3.63) is 12.2 Å². The van der Waals surface area contributed by atoms with Gasteiger partial charge in [-0.2, -0.15) is 0 Å². The molecule has 2 heterocycles. The zero-order chi connectivity index (χ0) is 19.5. The minimum absolute atomic E-state index is 0.0630. The highest BCUT2D eigenvalue weighted by Gasteiger charge is 2.22. The zero-order valence-corrected chi connectivity index (χ0v) is 16.2. The summed E-state index contributed by atoms with van der Waals surface area (Å²) in [7, 11) is 3.04. The van der Waals surface area contributed by atoms with E-state index in [0.29, 0.717) is 5.75 Å². The van der Waals surface area contributed by atoms with Crippen LogP contribution in [-0.4, -0.2) is 73.5 Å². The second kappa shape index (κ2) is 11.8. The van der Waals surface area contributed by atoms with Gasteiger partial charge >= 0.3 is 5.97 Å². The van der Waals surface area contributed by atoms with Gasteiger partial charge in [0.1, 0.15) is 18.7 Å². The Bertz CT molecular complexity index is 589. The molecular weight excluding hydrogens is 394 g/mol. The van der Waals surface area contributed by atoms with Gasteiger partial charge in [-0.15, -0.1) is 0 Å². The topological polar surface area (TPSA) is 138 Å². The van der Waals surface area contributed by atoms with E-state index in [1.165, 1.54) is 10.8 Å². The second-order valence-corrected chi connectivity index (χ2v) is 8.33. The van der Waals surface area contributed by atoms with Crippen molar-refractivity contribution >= 4 is 45.3 Å². The Kier molecular flexibility index (Phi) is 9.45.